The molecule has 0 aromatic heterocycles. The van der Waals surface area contributed by atoms with Gasteiger partial charge in [0, 0.05) is 19.1 Å². The highest BCUT2D eigenvalue weighted by atomic mass is 32.2. The Labute approximate surface area is 86.7 Å². The Morgan fingerprint density at radius 1 is 1.43 bits per heavy atom. The van der Waals surface area contributed by atoms with Gasteiger partial charge < -0.3 is 5.32 Å². The maximum Gasteiger partial charge on any atom is 0.213 e. The van der Waals surface area contributed by atoms with Crippen LogP contribution in [0, 0.1) is 0 Å². The fourth-order valence-electron chi connectivity index (χ4n) is 1.78. The van der Waals surface area contributed by atoms with Crippen LogP contribution in [0.1, 0.15) is 26.7 Å². The summed E-state index contributed by atoms with van der Waals surface area (Å²) in [5.74, 6) is 0.202. The van der Waals surface area contributed by atoms with Crippen molar-refractivity contribution < 1.29 is 8.42 Å². The molecule has 0 aromatic rings. The number of rotatable bonds is 5. The van der Waals surface area contributed by atoms with Crippen molar-refractivity contribution >= 4 is 10.0 Å². The number of hydrogen-bond donors (Lipinski definition) is 1. The highest BCUT2D eigenvalue weighted by Gasteiger charge is 2.23. The maximum atomic E-state index is 11.6. The second-order valence-electron chi connectivity index (χ2n) is 3.64. The van der Waals surface area contributed by atoms with Crippen LogP contribution >= 0.6 is 0 Å². The molecule has 0 saturated carbocycles. The minimum atomic E-state index is -3.00. The van der Waals surface area contributed by atoms with Crippen molar-refractivity contribution in [3.63, 3.8) is 0 Å². The fourth-order valence-corrected chi connectivity index (χ4v) is 2.95. The molecule has 0 aromatic carbocycles. The van der Waals surface area contributed by atoms with Gasteiger partial charge in [0.15, 0.2) is 0 Å². The van der Waals surface area contributed by atoms with Crippen molar-refractivity contribution in [2.45, 2.75) is 32.7 Å². The van der Waals surface area contributed by atoms with E-state index in [1.54, 1.807) is 11.2 Å². The van der Waals surface area contributed by atoms with Crippen molar-refractivity contribution in [3.8, 4) is 0 Å². The zero-order valence-corrected chi connectivity index (χ0v) is 9.81. The molecular formula is C9H20N2O2S. The van der Waals surface area contributed by atoms with Gasteiger partial charge in [-0.15, -0.1) is 0 Å². The first kappa shape index (κ1) is 11.9. The molecule has 0 bridgehead atoms. The summed E-state index contributed by atoms with van der Waals surface area (Å²) >= 11 is 0. The van der Waals surface area contributed by atoms with Gasteiger partial charge in [0.25, 0.3) is 0 Å². The van der Waals surface area contributed by atoms with E-state index in [9.17, 15) is 8.42 Å². The Morgan fingerprint density at radius 3 is 2.57 bits per heavy atom. The lowest BCUT2D eigenvalue weighted by Gasteiger charge is -2.23. The number of nitrogens with one attached hydrogen (secondary N) is 1. The molecule has 1 aliphatic heterocycles. The minimum Gasteiger partial charge on any atom is -0.313 e. The molecule has 0 aliphatic carbocycles. The number of hydrogen-bond acceptors (Lipinski definition) is 3. The van der Waals surface area contributed by atoms with Crippen molar-refractivity contribution in [1.29, 1.82) is 0 Å². The molecule has 1 aliphatic rings. The van der Waals surface area contributed by atoms with Gasteiger partial charge in [0.2, 0.25) is 10.0 Å². The summed E-state index contributed by atoms with van der Waals surface area (Å²) in [6, 6.07) is 0.358. The summed E-state index contributed by atoms with van der Waals surface area (Å²) in [6.45, 7) is 5.82. The topological polar surface area (TPSA) is 49.4 Å². The highest BCUT2D eigenvalue weighted by Crippen LogP contribution is 2.09. The molecule has 1 unspecified atom stereocenters. The number of nitrogens with zero attached hydrogens (tertiary/aromatic N) is 1. The Kier molecular flexibility index (Phi) is 4.34. The lowest BCUT2D eigenvalue weighted by Crippen LogP contribution is -2.41. The lowest BCUT2D eigenvalue weighted by molar-refractivity contribution is 0.383. The van der Waals surface area contributed by atoms with E-state index in [1.165, 1.54) is 0 Å². The van der Waals surface area contributed by atoms with E-state index in [2.05, 4.69) is 5.32 Å². The van der Waals surface area contributed by atoms with Crippen LogP contribution in [-0.4, -0.2) is 44.2 Å². The van der Waals surface area contributed by atoms with E-state index in [4.69, 9.17) is 0 Å². The van der Waals surface area contributed by atoms with Gasteiger partial charge in [0.1, 0.15) is 0 Å². The molecular weight excluding hydrogens is 200 g/mol. The predicted molar refractivity (Wildman–Crippen MR) is 57.7 cm³/mol. The molecule has 14 heavy (non-hydrogen) atoms. The van der Waals surface area contributed by atoms with E-state index in [0.717, 1.165) is 19.4 Å². The van der Waals surface area contributed by atoms with Crippen molar-refractivity contribution in [2.24, 2.45) is 0 Å². The third kappa shape index (κ3) is 2.93. The molecule has 0 radical (unpaired) electrons. The maximum absolute atomic E-state index is 11.6. The average molecular weight is 220 g/mol. The second-order valence-corrected chi connectivity index (χ2v) is 5.90. The monoisotopic (exact) mass is 220 g/mol. The van der Waals surface area contributed by atoms with Crippen LogP contribution < -0.4 is 5.32 Å². The van der Waals surface area contributed by atoms with Crippen LogP contribution in [0.3, 0.4) is 0 Å². The first-order valence-corrected chi connectivity index (χ1v) is 6.92. The molecule has 1 fully saturated rings. The van der Waals surface area contributed by atoms with Crippen LogP contribution in [0.15, 0.2) is 0 Å². The number of sulfonamides is 1. The van der Waals surface area contributed by atoms with Gasteiger partial charge in [-0.1, -0.05) is 6.92 Å². The Morgan fingerprint density at radius 2 is 2.14 bits per heavy atom. The molecule has 0 spiro atoms. The molecule has 1 atom stereocenters. The normalized spacial score (nSPS) is 23.2. The molecule has 1 heterocycles. The Bertz CT molecular complexity index is 258. The Balaban J connectivity index is 2.54. The van der Waals surface area contributed by atoms with Crippen LogP contribution in [0.25, 0.3) is 0 Å². The largest absolute Gasteiger partial charge is 0.313 e. The third-order valence-corrected chi connectivity index (χ3v) is 4.62. The van der Waals surface area contributed by atoms with Crippen LogP contribution in [0.4, 0.5) is 0 Å². The molecule has 0 amide bonds. The molecule has 5 heteroatoms. The van der Waals surface area contributed by atoms with Crippen molar-refractivity contribution in [3.05, 3.63) is 0 Å². The SMILES string of the molecule is CCN(CC1CCCN1)S(=O)(=O)CC. The summed E-state index contributed by atoms with van der Waals surface area (Å²) in [5.41, 5.74) is 0. The van der Waals surface area contributed by atoms with Gasteiger partial charge in [-0.25, -0.2) is 12.7 Å². The van der Waals surface area contributed by atoms with Gasteiger partial charge in [-0.2, -0.15) is 0 Å². The van der Waals surface area contributed by atoms with E-state index in [1.807, 2.05) is 6.92 Å². The fraction of sp³-hybridized carbons (Fsp3) is 1.00. The molecule has 4 nitrogen and oxygen atoms in total. The van der Waals surface area contributed by atoms with Crippen LogP contribution in [-0.2, 0) is 10.0 Å². The molecule has 1 rings (SSSR count). The van der Waals surface area contributed by atoms with Crippen LogP contribution in [0.2, 0.25) is 0 Å². The quantitative estimate of drug-likeness (QED) is 0.730. The first-order chi connectivity index (χ1) is 6.60. The molecule has 1 saturated heterocycles. The van der Waals surface area contributed by atoms with Crippen molar-refractivity contribution in [1.82, 2.24) is 9.62 Å². The lowest BCUT2D eigenvalue weighted by atomic mass is 10.2. The summed E-state index contributed by atoms with van der Waals surface area (Å²) in [7, 11) is -3.00. The summed E-state index contributed by atoms with van der Waals surface area (Å²) in [4.78, 5) is 0. The van der Waals surface area contributed by atoms with Crippen LogP contribution in [0.5, 0.6) is 0 Å². The summed E-state index contributed by atoms with van der Waals surface area (Å²) in [6.07, 6.45) is 2.25. The zero-order chi connectivity index (χ0) is 10.6. The summed E-state index contributed by atoms with van der Waals surface area (Å²) in [5, 5.41) is 3.31. The van der Waals surface area contributed by atoms with E-state index in [-0.39, 0.29) is 5.75 Å². The number of likely N-dealkylation sites (N-methyl/N-ethyl adjacent to an activating group) is 1. The second kappa shape index (κ2) is 5.09. The highest BCUT2D eigenvalue weighted by molar-refractivity contribution is 7.89. The van der Waals surface area contributed by atoms with E-state index in [0.29, 0.717) is 19.1 Å². The van der Waals surface area contributed by atoms with Crippen molar-refractivity contribution in [2.75, 3.05) is 25.4 Å². The van der Waals surface area contributed by atoms with Gasteiger partial charge >= 0.3 is 0 Å². The standard InChI is InChI=1S/C9H20N2O2S/c1-3-11(14(12,13)4-2)8-9-6-5-7-10-9/h9-10H,3-8H2,1-2H3. The molecule has 1 N–H and O–H groups in total. The van der Waals surface area contributed by atoms with Gasteiger partial charge in [-0.05, 0) is 26.3 Å². The Hall–Kier alpha value is -0.130. The zero-order valence-electron chi connectivity index (χ0n) is 8.99. The summed E-state index contributed by atoms with van der Waals surface area (Å²) < 4.78 is 24.8. The van der Waals surface area contributed by atoms with E-state index < -0.39 is 10.0 Å². The third-order valence-electron chi connectivity index (χ3n) is 2.70. The average Bonchev–Trinajstić information content (AvgIpc) is 2.66. The smallest absolute Gasteiger partial charge is 0.213 e. The molecule has 84 valence electrons. The predicted octanol–water partition coefficient (Wildman–Crippen LogP) is 0.410. The first-order valence-electron chi connectivity index (χ1n) is 5.31. The van der Waals surface area contributed by atoms with E-state index >= 15 is 0 Å². The van der Waals surface area contributed by atoms with Gasteiger partial charge in [-0.3, -0.25) is 0 Å². The minimum absolute atomic E-state index is 0.202. The van der Waals surface area contributed by atoms with Gasteiger partial charge in [0.05, 0.1) is 5.75 Å².